The van der Waals surface area contributed by atoms with Crippen LogP contribution in [0.4, 0.5) is 10.5 Å². The number of carbonyl (C=O) groups excluding carboxylic acids is 2. The first-order valence-electron chi connectivity index (χ1n) is 10.2. The molecular formula is C24H33N3O3S. The van der Waals surface area contributed by atoms with Gasteiger partial charge >= 0.3 is 6.03 Å². The second-order valence-electron chi connectivity index (χ2n) is 9.53. The first-order valence-corrected chi connectivity index (χ1v) is 11.4. The molecule has 0 aliphatic rings. The Labute approximate surface area is 189 Å². The van der Waals surface area contributed by atoms with Crippen molar-refractivity contribution in [3.05, 3.63) is 59.2 Å². The minimum atomic E-state index is -0.507. The number of nitrogens with one attached hydrogen (secondary N) is 3. The molecule has 6 nitrogen and oxygen atoms in total. The number of urea groups is 1. The molecule has 0 saturated heterocycles. The molecule has 2 aromatic rings. The van der Waals surface area contributed by atoms with E-state index >= 15 is 0 Å². The number of phenols is 1. The van der Waals surface area contributed by atoms with Gasteiger partial charge < -0.3 is 10.4 Å². The highest BCUT2D eigenvalue weighted by atomic mass is 32.2. The molecule has 7 heteroatoms. The molecule has 0 aliphatic carbocycles. The second kappa shape index (κ2) is 10.1. The summed E-state index contributed by atoms with van der Waals surface area (Å²) in [7, 11) is 0. The Morgan fingerprint density at radius 2 is 1.45 bits per heavy atom. The molecule has 2 rings (SSSR count). The third-order valence-electron chi connectivity index (χ3n) is 4.63. The Bertz CT molecular complexity index is 881. The van der Waals surface area contributed by atoms with Crippen LogP contribution in [0.3, 0.4) is 0 Å². The van der Waals surface area contributed by atoms with Gasteiger partial charge in [-0.3, -0.25) is 10.2 Å². The van der Waals surface area contributed by atoms with Gasteiger partial charge in [-0.25, -0.2) is 10.2 Å². The van der Waals surface area contributed by atoms with E-state index in [-0.39, 0.29) is 22.5 Å². The summed E-state index contributed by atoms with van der Waals surface area (Å²) < 4.78 is 0. The van der Waals surface area contributed by atoms with Crippen LogP contribution < -0.4 is 16.2 Å². The lowest BCUT2D eigenvalue weighted by atomic mass is 9.78. The van der Waals surface area contributed by atoms with E-state index in [0.717, 1.165) is 16.7 Å². The van der Waals surface area contributed by atoms with Crippen molar-refractivity contribution in [2.45, 2.75) is 58.1 Å². The number of rotatable bonds is 5. The zero-order valence-corrected chi connectivity index (χ0v) is 19.9. The molecule has 0 fully saturated rings. The Kier molecular flexibility index (Phi) is 8.01. The van der Waals surface area contributed by atoms with E-state index in [1.165, 1.54) is 11.8 Å². The third-order valence-corrected chi connectivity index (χ3v) is 5.64. The van der Waals surface area contributed by atoms with Gasteiger partial charge in [-0.2, -0.15) is 0 Å². The van der Waals surface area contributed by atoms with E-state index < -0.39 is 6.03 Å². The zero-order chi connectivity index (χ0) is 23.2. The molecule has 168 valence electrons. The van der Waals surface area contributed by atoms with E-state index in [1.807, 2.05) is 30.3 Å². The third kappa shape index (κ3) is 7.51. The smallest absolute Gasteiger partial charge is 0.337 e. The highest BCUT2D eigenvalue weighted by molar-refractivity contribution is 7.99. The van der Waals surface area contributed by atoms with Gasteiger partial charge in [0.2, 0.25) is 5.91 Å². The predicted octanol–water partition coefficient (Wildman–Crippen LogP) is 5.07. The van der Waals surface area contributed by atoms with Crippen molar-refractivity contribution in [2.24, 2.45) is 0 Å². The van der Waals surface area contributed by atoms with Crippen molar-refractivity contribution in [2.75, 3.05) is 11.1 Å². The van der Waals surface area contributed by atoms with Crippen LogP contribution in [-0.2, 0) is 21.4 Å². The van der Waals surface area contributed by atoms with Gasteiger partial charge in [-0.1, -0.05) is 71.9 Å². The number of benzene rings is 2. The quantitative estimate of drug-likeness (QED) is 0.486. The van der Waals surface area contributed by atoms with Gasteiger partial charge in [0.25, 0.3) is 0 Å². The topological polar surface area (TPSA) is 90.5 Å². The highest BCUT2D eigenvalue weighted by Gasteiger charge is 2.26. The number of phenolic OH excluding ortho intramolecular Hbond substituents is 1. The molecule has 0 bridgehead atoms. The molecule has 0 heterocycles. The molecule has 0 unspecified atom stereocenters. The molecule has 0 saturated carbocycles. The second-order valence-corrected chi connectivity index (χ2v) is 10.5. The molecule has 0 aromatic heterocycles. The van der Waals surface area contributed by atoms with E-state index in [1.54, 1.807) is 12.1 Å². The number of hydrogen-bond donors (Lipinski definition) is 4. The maximum atomic E-state index is 12.1. The Balaban J connectivity index is 1.92. The summed E-state index contributed by atoms with van der Waals surface area (Å²) in [5, 5.41) is 13.4. The number of aromatic hydroxyl groups is 1. The number of hydrazine groups is 1. The van der Waals surface area contributed by atoms with Gasteiger partial charge in [0.05, 0.1) is 5.75 Å². The monoisotopic (exact) mass is 443 g/mol. The number of para-hydroxylation sites is 1. The van der Waals surface area contributed by atoms with Gasteiger partial charge in [-0.15, -0.1) is 11.8 Å². The van der Waals surface area contributed by atoms with Crippen LogP contribution in [0, 0.1) is 0 Å². The molecule has 4 N–H and O–H groups in total. The lowest BCUT2D eigenvalue weighted by Gasteiger charge is -2.28. The fraction of sp³-hybridized carbons (Fsp3) is 0.417. The average molecular weight is 444 g/mol. The fourth-order valence-electron chi connectivity index (χ4n) is 3.03. The first-order chi connectivity index (χ1) is 14.4. The maximum Gasteiger partial charge on any atom is 0.337 e. The maximum absolute atomic E-state index is 12.1. The lowest BCUT2D eigenvalue weighted by molar-refractivity contribution is -0.119. The van der Waals surface area contributed by atoms with Crippen LogP contribution in [-0.4, -0.2) is 22.8 Å². The fourth-order valence-corrected chi connectivity index (χ4v) is 3.79. The summed E-state index contributed by atoms with van der Waals surface area (Å²) in [6.07, 6.45) is 0. The van der Waals surface area contributed by atoms with Crippen molar-refractivity contribution < 1.29 is 14.7 Å². The summed E-state index contributed by atoms with van der Waals surface area (Å²) >= 11 is 1.45. The SMILES string of the molecule is CC(C)(C)c1cc(CSCC(=O)NNC(=O)Nc2ccccc2)cc(C(C)(C)C)c1O. The Morgan fingerprint density at radius 1 is 0.903 bits per heavy atom. The summed E-state index contributed by atoms with van der Waals surface area (Å²) in [6.45, 7) is 12.4. The highest BCUT2D eigenvalue weighted by Crippen LogP contribution is 2.40. The van der Waals surface area contributed by atoms with E-state index in [9.17, 15) is 14.7 Å². The van der Waals surface area contributed by atoms with Crippen molar-refractivity contribution in [1.82, 2.24) is 10.9 Å². The largest absolute Gasteiger partial charge is 0.507 e. The van der Waals surface area contributed by atoms with Gasteiger partial charge in [0, 0.05) is 11.4 Å². The predicted molar refractivity (Wildman–Crippen MR) is 128 cm³/mol. The number of anilines is 1. The molecule has 0 aliphatic heterocycles. The number of carbonyl (C=O) groups is 2. The lowest BCUT2D eigenvalue weighted by Crippen LogP contribution is -2.44. The summed E-state index contributed by atoms with van der Waals surface area (Å²) in [6, 6.07) is 12.5. The van der Waals surface area contributed by atoms with Crippen molar-refractivity contribution in [1.29, 1.82) is 0 Å². The van der Waals surface area contributed by atoms with Crippen LogP contribution in [0.5, 0.6) is 5.75 Å². The number of thioether (sulfide) groups is 1. The Hall–Kier alpha value is -2.67. The van der Waals surface area contributed by atoms with E-state index in [4.69, 9.17) is 0 Å². The van der Waals surface area contributed by atoms with Crippen molar-refractivity contribution in [3.63, 3.8) is 0 Å². The zero-order valence-electron chi connectivity index (χ0n) is 19.1. The molecule has 0 atom stereocenters. The Morgan fingerprint density at radius 3 is 1.97 bits per heavy atom. The number of hydrogen-bond acceptors (Lipinski definition) is 4. The minimum absolute atomic E-state index is 0.196. The van der Waals surface area contributed by atoms with Crippen LogP contribution >= 0.6 is 11.8 Å². The summed E-state index contributed by atoms with van der Waals surface area (Å²) in [5.41, 5.74) is 7.86. The van der Waals surface area contributed by atoms with E-state index in [2.05, 4.69) is 57.7 Å². The van der Waals surface area contributed by atoms with Gasteiger partial charge in [-0.05, 0) is 39.7 Å². The average Bonchev–Trinajstić information content (AvgIpc) is 2.66. The molecule has 0 spiro atoms. The van der Waals surface area contributed by atoms with Crippen LogP contribution in [0.2, 0.25) is 0 Å². The molecule has 3 amide bonds. The first kappa shape index (κ1) is 24.6. The van der Waals surface area contributed by atoms with Crippen molar-refractivity contribution in [3.8, 4) is 5.75 Å². The van der Waals surface area contributed by atoms with Crippen LogP contribution in [0.1, 0.15) is 58.2 Å². The number of amides is 3. The summed E-state index contributed by atoms with van der Waals surface area (Å²) in [5.74, 6) is 0.873. The van der Waals surface area contributed by atoms with Crippen LogP contribution in [0.25, 0.3) is 0 Å². The van der Waals surface area contributed by atoms with Crippen LogP contribution in [0.15, 0.2) is 42.5 Å². The normalized spacial score (nSPS) is 11.7. The molecule has 0 radical (unpaired) electrons. The minimum Gasteiger partial charge on any atom is -0.507 e. The summed E-state index contributed by atoms with van der Waals surface area (Å²) in [4.78, 5) is 23.9. The van der Waals surface area contributed by atoms with Crippen molar-refractivity contribution >= 4 is 29.4 Å². The molecule has 2 aromatic carbocycles. The molecule has 31 heavy (non-hydrogen) atoms. The van der Waals surface area contributed by atoms with Gasteiger partial charge in [0.1, 0.15) is 5.75 Å². The standard InChI is InChI=1S/C24H33N3O3S/c1-23(2,3)18-12-16(13-19(21(18)29)24(4,5)6)14-31-15-20(28)26-27-22(30)25-17-10-8-7-9-11-17/h7-13,29H,14-15H2,1-6H3,(H,26,28)(H2,25,27,30). The molecular weight excluding hydrogens is 410 g/mol. The van der Waals surface area contributed by atoms with Gasteiger partial charge in [0.15, 0.2) is 0 Å². The van der Waals surface area contributed by atoms with E-state index in [0.29, 0.717) is 17.2 Å².